The fraction of sp³-hybridized carbons (Fsp3) is 0.810. The fourth-order valence-electron chi connectivity index (χ4n) is 11.6. The van der Waals surface area contributed by atoms with E-state index < -0.39 is 12.0 Å². The van der Waals surface area contributed by atoms with Crippen LogP contribution in [0.2, 0.25) is 0 Å². The number of carbonyl (C=O) groups is 2. The number of amides is 1. The van der Waals surface area contributed by atoms with Crippen molar-refractivity contribution in [3.05, 3.63) is 29.8 Å². The number of methoxy groups -OCH3 is 1. The Morgan fingerprint density at radius 3 is 2.40 bits per heavy atom. The van der Waals surface area contributed by atoms with Crippen molar-refractivity contribution >= 4 is 11.9 Å². The Morgan fingerprint density at radius 2 is 1.66 bits per heavy atom. The number of nitrogens with one attached hydrogen (secondary N) is 3. The van der Waals surface area contributed by atoms with Gasteiger partial charge in [0.2, 0.25) is 5.91 Å². The first kappa shape index (κ1) is 39.1. The highest BCUT2D eigenvalue weighted by molar-refractivity contribution is 5.84. The summed E-state index contributed by atoms with van der Waals surface area (Å²) in [7, 11) is 1.34. The zero-order valence-electron chi connectivity index (χ0n) is 31.9. The Balaban J connectivity index is 1.12. The highest BCUT2D eigenvalue weighted by atomic mass is 16.5. The van der Waals surface area contributed by atoms with Crippen molar-refractivity contribution in [3.8, 4) is 5.75 Å². The number of rotatable bonds is 17. The van der Waals surface area contributed by atoms with Crippen molar-refractivity contribution in [1.29, 1.82) is 0 Å². The summed E-state index contributed by atoms with van der Waals surface area (Å²) < 4.78 is 4.99. The van der Waals surface area contributed by atoms with E-state index in [1.165, 1.54) is 77.7 Å². The van der Waals surface area contributed by atoms with Crippen LogP contribution in [0.1, 0.15) is 123 Å². The maximum absolute atomic E-state index is 13.2. The second-order valence-electron chi connectivity index (χ2n) is 17.3. The number of unbranched alkanes of at least 4 members (excludes halogenated alkanes) is 2. The number of ether oxygens (including phenoxy) is 1. The summed E-state index contributed by atoms with van der Waals surface area (Å²) in [5.41, 5.74) is 1.36. The van der Waals surface area contributed by atoms with Gasteiger partial charge in [-0.15, -0.1) is 0 Å². The van der Waals surface area contributed by atoms with Gasteiger partial charge in [0, 0.05) is 18.9 Å². The Labute approximate surface area is 302 Å². The average molecular weight is 696 g/mol. The van der Waals surface area contributed by atoms with Gasteiger partial charge in [-0.2, -0.15) is 0 Å². The quantitative estimate of drug-likeness (QED) is 0.0902. The number of aliphatic hydroxyl groups excluding tert-OH is 1. The Kier molecular flexibility index (Phi) is 13.7. The highest BCUT2D eigenvalue weighted by Gasteiger charge is 2.62. The number of fused-ring (bicyclic) bond motifs is 5. The third-order valence-electron chi connectivity index (χ3n) is 14.4. The fourth-order valence-corrected chi connectivity index (χ4v) is 11.6. The molecule has 0 aromatic heterocycles. The molecule has 5 rings (SSSR count). The van der Waals surface area contributed by atoms with Crippen molar-refractivity contribution in [3.63, 3.8) is 0 Å². The monoisotopic (exact) mass is 696 g/mol. The summed E-state index contributed by atoms with van der Waals surface area (Å²) in [5.74, 6) is 2.63. The second kappa shape index (κ2) is 17.6. The molecule has 4 aliphatic rings. The van der Waals surface area contributed by atoms with E-state index in [1.54, 1.807) is 24.3 Å². The van der Waals surface area contributed by atoms with Gasteiger partial charge in [-0.25, -0.2) is 4.79 Å². The molecule has 0 heterocycles. The summed E-state index contributed by atoms with van der Waals surface area (Å²) in [6.07, 6.45) is 15.8. The lowest BCUT2D eigenvalue weighted by atomic mass is 9.43. The molecule has 5 unspecified atom stereocenters. The standard InChI is InChI=1S/C42H69N3O5/c1-6-7-8-22-43-23-9-24-44-31-18-20-41(3)30(26-31)27-37(47)39-34-16-15-33(42(34,4)21-19-35(39)41)28(2)10-17-38(48)45-36(40(49)50-5)25-29-11-13-32(46)14-12-29/h11-14,28,30-31,33-37,39,43-44,46-47H,6-10,15-27H2,1-5H3,(H,45,48)/t28-,30+,31+,33?,34?,35?,36+,37?,39?,41+,42-/m1/s1. The predicted molar refractivity (Wildman–Crippen MR) is 200 cm³/mol. The maximum atomic E-state index is 13.2. The zero-order valence-corrected chi connectivity index (χ0v) is 31.9. The number of carbonyl (C=O) groups excluding carboxylic acids is 2. The first-order valence-corrected chi connectivity index (χ1v) is 20.3. The molecule has 282 valence electrons. The third-order valence-corrected chi connectivity index (χ3v) is 14.4. The van der Waals surface area contributed by atoms with Gasteiger partial charge in [-0.3, -0.25) is 4.79 Å². The Morgan fingerprint density at radius 1 is 0.940 bits per heavy atom. The molecule has 1 aromatic rings. The zero-order chi connectivity index (χ0) is 35.9. The minimum absolute atomic E-state index is 0.125. The van der Waals surface area contributed by atoms with Crippen molar-refractivity contribution < 1.29 is 24.5 Å². The predicted octanol–water partition coefficient (Wildman–Crippen LogP) is 6.77. The van der Waals surface area contributed by atoms with Crippen molar-refractivity contribution in [1.82, 2.24) is 16.0 Å². The maximum Gasteiger partial charge on any atom is 0.328 e. The lowest BCUT2D eigenvalue weighted by Gasteiger charge is -2.62. The molecule has 4 saturated carbocycles. The molecule has 0 spiro atoms. The van der Waals surface area contributed by atoms with Gasteiger partial charge in [0.25, 0.3) is 0 Å². The van der Waals surface area contributed by atoms with Crippen LogP contribution >= 0.6 is 0 Å². The first-order chi connectivity index (χ1) is 24.0. The Hall–Kier alpha value is -2.16. The Bertz CT molecular complexity index is 1240. The number of hydrogen-bond donors (Lipinski definition) is 5. The van der Waals surface area contributed by atoms with E-state index in [0.29, 0.717) is 59.8 Å². The van der Waals surface area contributed by atoms with Crippen LogP contribution in [0.4, 0.5) is 0 Å². The van der Waals surface area contributed by atoms with Gasteiger partial charge in [-0.1, -0.05) is 52.7 Å². The van der Waals surface area contributed by atoms with Gasteiger partial charge in [-0.05, 0) is 154 Å². The van der Waals surface area contributed by atoms with Gasteiger partial charge in [0.05, 0.1) is 13.2 Å². The molecule has 4 aliphatic carbocycles. The van der Waals surface area contributed by atoms with Crippen LogP contribution in [-0.4, -0.2) is 67.0 Å². The van der Waals surface area contributed by atoms with E-state index in [-0.39, 0.29) is 23.2 Å². The van der Waals surface area contributed by atoms with E-state index in [1.807, 2.05) is 0 Å². The van der Waals surface area contributed by atoms with Crippen molar-refractivity contribution in [2.45, 2.75) is 142 Å². The summed E-state index contributed by atoms with van der Waals surface area (Å²) in [4.78, 5) is 25.7. The summed E-state index contributed by atoms with van der Waals surface area (Å²) in [5, 5.41) is 31.9. The van der Waals surface area contributed by atoms with Gasteiger partial charge in [0.1, 0.15) is 11.8 Å². The smallest absolute Gasteiger partial charge is 0.328 e. The molecule has 50 heavy (non-hydrogen) atoms. The van der Waals surface area contributed by atoms with Crippen LogP contribution in [0.5, 0.6) is 5.75 Å². The molecule has 0 saturated heterocycles. The van der Waals surface area contributed by atoms with Crippen molar-refractivity contribution in [2.75, 3.05) is 26.7 Å². The largest absolute Gasteiger partial charge is 0.508 e. The van der Waals surface area contributed by atoms with Crippen LogP contribution < -0.4 is 16.0 Å². The average Bonchev–Trinajstić information content (AvgIpc) is 3.46. The van der Waals surface area contributed by atoms with Crippen LogP contribution in [-0.2, 0) is 20.7 Å². The number of aromatic hydroxyl groups is 1. The van der Waals surface area contributed by atoms with E-state index in [4.69, 9.17) is 4.74 Å². The molecular weight excluding hydrogens is 626 g/mol. The molecule has 0 bridgehead atoms. The number of phenols is 1. The number of esters is 1. The van der Waals surface area contributed by atoms with Gasteiger partial charge < -0.3 is 30.9 Å². The molecule has 1 amide bonds. The van der Waals surface area contributed by atoms with Gasteiger partial charge >= 0.3 is 5.97 Å². The molecular formula is C42H69N3O5. The summed E-state index contributed by atoms with van der Waals surface area (Å²) in [6, 6.07) is 6.50. The minimum Gasteiger partial charge on any atom is -0.508 e. The van der Waals surface area contributed by atoms with Gasteiger partial charge in [0.15, 0.2) is 0 Å². The number of benzene rings is 1. The molecule has 4 fully saturated rings. The topological polar surface area (TPSA) is 120 Å². The molecule has 0 radical (unpaired) electrons. The molecule has 5 N–H and O–H groups in total. The van der Waals surface area contributed by atoms with Crippen LogP contribution in [0.15, 0.2) is 24.3 Å². The summed E-state index contributed by atoms with van der Waals surface area (Å²) in [6.45, 7) is 13.0. The van der Waals surface area contributed by atoms with Crippen LogP contribution in [0, 0.1) is 46.3 Å². The lowest BCUT2D eigenvalue weighted by molar-refractivity contribution is -0.167. The summed E-state index contributed by atoms with van der Waals surface area (Å²) >= 11 is 0. The minimum atomic E-state index is -0.762. The van der Waals surface area contributed by atoms with Crippen LogP contribution in [0.3, 0.4) is 0 Å². The van der Waals surface area contributed by atoms with E-state index in [2.05, 4.69) is 43.6 Å². The van der Waals surface area contributed by atoms with E-state index in [0.717, 1.165) is 38.0 Å². The number of phenolic OH excluding ortho intramolecular Hbond substituents is 1. The second-order valence-corrected chi connectivity index (χ2v) is 17.3. The molecule has 1 aromatic carbocycles. The SMILES string of the molecule is CCCCCNCCCN[C@H]1CC[C@]2(C)C3CC[C@@]4(C)C(CCC4[C@H](C)CCC(=O)N[C@@H](Cc4ccc(O)cc4)C(=O)OC)C3C(O)C[C@@H]2C1. The van der Waals surface area contributed by atoms with E-state index in [9.17, 15) is 19.8 Å². The number of hydrogen-bond acceptors (Lipinski definition) is 7. The third kappa shape index (κ3) is 8.89. The molecule has 0 aliphatic heterocycles. The number of aliphatic hydroxyl groups is 1. The molecule has 11 atom stereocenters. The normalized spacial score (nSPS) is 34.6. The molecule has 8 nitrogen and oxygen atoms in total. The first-order valence-electron chi connectivity index (χ1n) is 20.3. The molecule has 8 heteroatoms. The highest BCUT2D eigenvalue weighted by Crippen LogP contribution is 2.68. The van der Waals surface area contributed by atoms with Crippen LogP contribution in [0.25, 0.3) is 0 Å². The van der Waals surface area contributed by atoms with E-state index >= 15 is 0 Å². The lowest BCUT2D eigenvalue weighted by Crippen LogP contribution is -2.59. The van der Waals surface area contributed by atoms with Crippen molar-refractivity contribution in [2.24, 2.45) is 46.3 Å².